The molecule has 0 saturated heterocycles. The Balaban J connectivity index is 2.92. The highest BCUT2D eigenvalue weighted by Gasteiger charge is 2.13. The molecule has 94 valence electrons. The molecule has 4 heteroatoms. The number of hydrogen-bond donors (Lipinski definition) is 2. The summed E-state index contributed by atoms with van der Waals surface area (Å²) in [4.78, 5) is 11.2. The van der Waals surface area contributed by atoms with Gasteiger partial charge in [-0.25, -0.2) is 4.79 Å². The summed E-state index contributed by atoms with van der Waals surface area (Å²) in [7, 11) is 0. The smallest absolute Gasteiger partial charge is 0.337 e. The van der Waals surface area contributed by atoms with E-state index in [4.69, 9.17) is 5.11 Å². The van der Waals surface area contributed by atoms with Crippen LogP contribution in [0.2, 0.25) is 0 Å². The van der Waals surface area contributed by atoms with Crippen LogP contribution in [0.15, 0.2) is 16.6 Å². The van der Waals surface area contributed by atoms with Gasteiger partial charge < -0.3 is 10.4 Å². The monoisotopic (exact) mass is 299 g/mol. The maximum atomic E-state index is 11.2. The Morgan fingerprint density at radius 1 is 1.47 bits per heavy atom. The van der Waals surface area contributed by atoms with E-state index in [1.165, 1.54) is 0 Å². The fourth-order valence-electron chi connectivity index (χ4n) is 1.63. The molecule has 0 spiro atoms. The molecule has 1 aromatic rings. The molecule has 17 heavy (non-hydrogen) atoms. The minimum absolute atomic E-state index is 0.320. The fourth-order valence-corrected chi connectivity index (χ4v) is 2.20. The minimum atomic E-state index is -0.901. The van der Waals surface area contributed by atoms with Gasteiger partial charge in [0.25, 0.3) is 0 Å². The van der Waals surface area contributed by atoms with Crippen LogP contribution in [0.1, 0.15) is 36.2 Å². The Labute approximate surface area is 110 Å². The topological polar surface area (TPSA) is 49.3 Å². The van der Waals surface area contributed by atoms with Crippen molar-refractivity contribution in [2.75, 3.05) is 11.9 Å². The summed E-state index contributed by atoms with van der Waals surface area (Å²) in [5.74, 6) is -0.298. The predicted octanol–water partition coefficient (Wildman–Crippen LogP) is 3.91. The van der Waals surface area contributed by atoms with E-state index in [2.05, 4.69) is 35.1 Å². The summed E-state index contributed by atoms with van der Waals surface area (Å²) in [6, 6.07) is 3.55. The van der Waals surface area contributed by atoms with Crippen molar-refractivity contribution in [3.8, 4) is 0 Å². The van der Waals surface area contributed by atoms with Crippen LogP contribution < -0.4 is 5.32 Å². The quantitative estimate of drug-likeness (QED) is 0.866. The number of hydrogen-bond acceptors (Lipinski definition) is 2. The van der Waals surface area contributed by atoms with Gasteiger partial charge >= 0.3 is 5.97 Å². The van der Waals surface area contributed by atoms with Crippen molar-refractivity contribution < 1.29 is 9.90 Å². The maximum absolute atomic E-state index is 11.2. The van der Waals surface area contributed by atoms with Crippen molar-refractivity contribution in [2.45, 2.75) is 27.2 Å². The Kier molecular flexibility index (Phi) is 5.00. The number of carboxylic acids is 1. The number of anilines is 1. The van der Waals surface area contributed by atoms with E-state index in [0.717, 1.165) is 28.7 Å². The van der Waals surface area contributed by atoms with Crippen LogP contribution in [0, 0.1) is 12.8 Å². The Morgan fingerprint density at radius 2 is 2.12 bits per heavy atom. The number of halogens is 1. The second-order valence-corrected chi connectivity index (χ2v) is 5.48. The van der Waals surface area contributed by atoms with E-state index < -0.39 is 5.97 Å². The number of carbonyl (C=O) groups is 1. The maximum Gasteiger partial charge on any atom is 0.337 e. The number of carboxylic acid groups (broad SMARTS) is 1. The number of benzene rings is 1. The molecule has 0 aliphatic rings. The molecular formula is C13H18BrNO2. The first-order valence-electron chi connectivity index (χ1n) is 5.69. The van der Waals surface area contributed by atoms with Crippen molar-refractivity contribution in [2.24, 2.45) is 5.92 Å². The van der Waals surface area contributed by atoms with Crippen molar-refractivity contribution in [3.63, 3.8) is 0 Å². The Bertz CT molecular complexity index is 416. The molecule has 3 nitrogen and oxygen atoms in total. The molecule has 0 atom stereocenters. The second kappa shape index (κ2) is 6.05. The van der Waals surface area contributed by atoms with Crippen LogP contribution in [0.25, 0.3) is 0 Å². The molecule has 0 unspecified atom stereocenters. The highest BCUT2D eigenvalue weighted by atomic mass is 79.9. The summed E-state index contributed by atoms with van der Waals surface area (Å²) in [6.07, 6.45) is 1.02. The van der Waals surface area contributed by atoms with Crippen LogP contribution in [0.5, 0.6) is 0 Å². The van der Waals surface area contributed by atoms with E-state index in [1.54, 1.807) is 6.07 Å². The van der Waals surface area contributed by atoms with Crippen LogP contribution >= 0.6 is 15.9 Å². The molecule has 0 saturated carbocycles. The third-order valence-electron chi connectivity index (χ3n) is 2.55. The Morgan fingerprint density at radius 3 is 2.65 bits per heavy atom. The fraction of sp³-hybridized carbons (Fsp3) is 0.462. The summed E-state index contributed by atoms with van der Waals surface area (Å²) in [5, 5.41) is 12.4. The number of aryl methyl sites for hydroxylation is 1. The largest absolute Gasteiger partial charge is 0.478 e. The SMILES string of the molecule is Cc1cc(Br)cc(C(=O)O)c1NCCC(C)C. The average Bonchev–Trinajstić information content (AvgIpc) is 2.19. The predicted molar refractivity (Wildman–Crippen MR) is 73.8 cm³/mol. The molecule has 0 bridgehead atoms. The number of nitrogens with one attached hydrogen (secondary N) is 1. The van der Waals surface area contributed by atoms with Crippen molar-refractivity contribution in [1.29, 1.82) is 0 Å². The molecule has 0 aliphatic heterocycles. The van der Waals surface area contributed by atoms with Gasteiger partial charge in [-0.05, 0) is 37.0 Å². The molecule has 0 aromatic heterocycles. The second-order valence-electron chi connectivity index (χ2n) is 4.56. The molecule has 2 N–H and O–H groups in total. The van der Waals surface area contributed by atoms with Gasteiger partial charge in [-0.15, -0.1) is 0 Å². The molecule has 0 aliphatic carbocycles. The summed E-state index contributed by atoms with van der Waals surface area (Å²) in [6.45, 7) is 7.00. The molecule has 0 amide bonds. The first-order valence-corrected chi connectivity index (χ1v) is 6.48. The third kappa shape index (κ3) is 4.04. The zero-order valence-corrected chi connectivity index (χ0v) is 12.0. The molecule has 1 rings (SSSR count). The molecule has 0 heterocycles. The van der Waals surface area contributed by atoms with Gasteiger partial charge in [-0.1, -0.05) is 29.8 Å². The minimum Gasteiger partial charge on any atom is -0.478 e. The van der Waals surface area contributed by atoms with E-state index >= 15 is 0 Å². The molecule has 1 aromatic carbocycles. The van der Waals surface area contributed by atoms with Gasteiger partial charge in [0.05, 0.1) is 11.3 Å². The van der Waals surface area contributed by atoms with Gasteiger partial charge in [-0.3, -0.25) is 0 Å². The van der Waals surface area contributed by atoms with Gasteiger partial charge in [0.1, 0.15) is 0 Å². The van der Waals surface area contributed by atoms with Gasteiger partial charge in [0.15, 0.2) is 0 Å². The third-order valence-corrected chi connectivity index (χ3v) is 3.01. The van der Waals surface area contributed by atoms with Crippen LogP contribution in [0.4, 0.5) is 5.69 Å². The lowest BCUT2D eigenvalue weighted by Gasteiger charge is -2.14. The van der Waals surface area contributed by atoms with Gasteiger partial charge in [0, 0.05) is 11.0 Å². The number of rotatable bonds is 5. The lowest BCUT2D eigenvalue weighted by Crippen LogP contribution is -2.11. The van der Waals surface area contributed by atoms with E-state index in [-0.39, 0.29) is 0 Å². The van der Waals surface area contributed by atoms with E-state index in [9.17, 15) is 4.79 Å². The molecule has 0 radical (unpaired) electrons. The van der Waals surface area contributed by atoms with Crippen LogP contribution in [0.3, 0.4) is 0 Å². The highest BCUT2D eigenvalue weighted by Crippen LogP contribution is 2.26. The standard InChI is InChI=1S/C13H18BrNO2/c1-8(2)4-5-15-12-9(3)6-10(14)7-11(12)13(16)17/h6-8,15H,4-5H2,1-3H3,(H,16,17). The van der Waals surface area contributed by atoms with E-state index in [1.807, 2.05) is 13.0 Å². The lowest BCUT2D eigenvalue weighted by atomic mass is 10.1. The zero-order valence-electron chi connectivity index (χ0n) is 10.4. The molecular weight excluding hydrogens is 282 g/mol. The van der Waals surface area contributed by atoms with E-state index in [0.29, 0.717) is 11.5 Å². The summed E-state index contributed by atoms with van der Waals surface area (Å²) < 4.78 is 0.793. The summed E-state index contributed by atoms with van der Waals surface area (Å²) in [5.41, 5.74) is 1.99. The van der Waals surface area contributed by atoms with Gasteiger partial charge in [0.2, 0.25) is 0 Å². The normalized spacial score (nSPS) is 10.6. The number of aromatic carboxylic acids is 1. The van der Waals surface area contributed by atoms with Crippen molar-refractivity contribution >= 4 is 27.6 Å². The lowest BCUT2D eigenvalue weighted by molar-refractivity contribution is 0.0697. The zero-order chi connectivity index (χ0) is 13.0. The first kappa shape index (κ1) is 14.0. The highest BCUT2D eigenvalue weighted by molar-refractivity contribution is 9.10. The first-order chi connectivity index (χ1) is 7.91. The Hall–Kier alpha value is -1.03. The molecule has 0 fully saturated rings. The van der Waals surface area contributed by atoms with Crippen LogP contribution in [-0.2, 0) is 0 Å². The summed E-state index contributed by atoms with van der Waals surface area (Å²) >= 11 is 3.32. The van der Waals surface area contributed by atoms with Crippen LogP contribution in [-0.4, -0.2) is 17.6 Å². The van der Waals surface area contributed by atoms with Crippen molar-refractivity contribution in [1.82, 2.24) is 0 Å². The average molecular weight is 300 g/mol. The van der Waals surface area contributed by atoms with Gasteiger partial charge in [-0.2, -0.15) is 0 Å². The van der Waals surface area contributed by atoms with Crippen molar-refractivity contribution in [3.05, 3.63) is 27.7 Å².